The zero-order valence-electron chi connectivity index (χ0n) is 12.0. The molecule has 0 atom stereocenters. The molecular formula is C16H17N3O2. The maximum Gasteiger partial charge on any atom is 0.271 e. The lowest BCUT2D eigenvalue weighted by Gasteiger charge is -2.06. The van der Waals surface area contributed by atoms with Crippen molar-refractivity contribution in [1.82, 2.24) is 5.43 Å². The molecule has 5 nitrogen and oxygen atoms in total. The van der Waals surface area contributed by atoms with Crippen LogP contribution in [0.1, 0.15) is 22.8 Å². The quantitative estimate of drug-likeness (QED) is 0.514. The van der Waals surface area contributed by atoms with Gasteiger partial charge in [0.05, 0.1) is 12.8 Å². The fraction of sp³-hybridized carbons (Fsp3) is 0.125. The molecule has 2 aromatic carbocycles. The van der Waals surface area contributed by atoms with Gasteiger partial charge in [0.2, 0.25) is 0 Å². The topological polar surface area (TPSA) is 76.7 Å². The van der Waals surface area contributed by atoms with Crippen LogP contribution in [0.25, 0.3) is 0 Å². The van der Waals surface area contributed by atoms with Crippen LogP contribution < -0.4 is 15.9 Å². The van der Waals surface area contributed by atoms with Crippen molar-refractivity contribution in [1.29, 1.82) is 0 Å². The number of hydrogen-bond acceptors (Lipinski definition) is 4. The van der Waals surface area contributed by atoms with Gasteiger partial charge in [-0.3, -0.25) is 4.79 Å². The smallest absolute Gasteiger partial charge is 0.271 e. The summed E-state index contributed by atoms with van der Waals surface area (Å²) in [4.78, 5) is 12.0. The van der Waals surface area contributed by atoms with Crippen molar-refractivity contribution < 1.29 is 9.53 Å². The molecule has 0 radical (unpaired) electrons. The second-order valence-electron chi connectivity index (χ2n) is 4.46. The van der Waals surface area contributed by atoms with Crippen molar-refractivity contribution in [2.45, 2.75) is 6.92 Å². The van der Waals surface area contributed by atoms with E-state index in [2.05, 4.69) is 10.5 Å². The molecule has 1 amide bonds. The van der Waals surface area contributed by atoms with Crippen molar-refractivity contribution in [2.24, 2.45) is 5.10 Å². The molecule has 0 spiro atoms. The summed E-state index contributed by atoms with van der Waals surface area (Å²) in [6.07, 6.45) is 0. The van der Waals surface area contributed by atoms with Crippen LogP contribution in [0.15, 0.2) is 53.6 Å². The minimum atomic E-state index is -0.303. The van der Waals surface area contributed by atoms with Gasteiger partial charge >= 0.3 is 0 Å². The molecule has 0 saturated heterocycles. The molecule has 0 unspecified atom stereocenters. The molecule has 0 bridgehead atoms. The number of para-hydroxylation sites is 1. The number of nitrogen functional groups attached to an aromatic ring is 1. The largest absolute Gasteiger partial charge is 0.497 e. The van der Waals surface area contributed by atoms with Crippen molar-refractivity contribution in [2.75, 3.05) is 12.8 Å². The number of nitrogens with two attached hydrogens (primary N) is 1. The van der Waals surface area contributed by atoms with Gasteiger partial charge in [0.25, 0.3) is 5.91 Å². The Morgan fingerprint density at radius 1 is 1.19 bits per heavy atom. The highest BCUT2D eigenvalue weighted by molar-refractivity contribution is 6.04. The van der Waals surface area contributed by atoms with E-state index in [4.69, 9.17) is 10.5 Å². The molecule has 0 aliphatic rings. The lowest BCUT2D eigenvalue weighted by atomic mass is 10.1. The van der Waals surface area contributed by atoms with Crippen LogP contribution in [-0.2, 0) is 0 Å². The summed E-state index contributed by atoms with van der Waals surface area (Å²) in [5, 5.41) is 4.08. The monoisotopic (exact) mass is 283 g/mol. The predicted molar refractivity (Wildman–Crippen MR) is 83.5 cm³/mol. The first-order valence-corrected chi connectivity index (χ1v) is 6.45. The van der Waals surface area contributed by atoms with Gasteiger partial charge in [0.15, 0.2) is 0 Å². The second kappa shape index (κ2) is 6.56. The average Bonchev–Trinajstić information content (AvgIpc) is 2.52. The van der Waals surface area contributed by atoms with Gasteiger partial charge in [-0.2, -0.15) is 5.10 Å². The first kappa shape index (κ1) is 14.6. The van der Waals surface area contributed by atoms with Crippen molar-refractivity contribution >= 4 is 17.3 Å². The number of benzene rings is 2. The van der Waals surface area contributed by atoms with Crippen LogP contribution in [0, 0.1) is 0 Å². The number of carbonyl (C=O) groups is 1. The number of hydrazone groups is 1. The van der Waals surface area contributed by atoms with Gasteiger partial charge in [0.1, 0.15) is 5.75 Å². The van der Waals surface area contributed by atoms with Crippen LogP contribution >= 0.6 is 0 Å². The fourth-order valence-corrected chi connectivity index (χ4v) is 1.85. The molecule has 0 fully saturated rings. The number of ether oxygens (including phenoxy) is 1. The number of carbonyl (C=O) groups excluding carboxylic acids is 1. The summed E-state index contributed by atoms with van der Waals surface area (Å²) in [7, 11) is 1.55. The summed E-state index contributed by atoms with van der Waals surface area (Å²) in [6.45, 7) is 1.79. The minimum Gasteiger partial charge on any atom is -0.497 e. The SMILES string of the molecule is COc1cccc(C(=O)NN=C(C)c2ccccc2N)c1. The van der Waals surface area contributed by atoms with Gasteiger partial charge in [0, 0.05) is 16.8 Å². The maximum absolute atomic E-state index is 12.0. The minimum absolute atomic E-state index is 0.303. The Hall–Kier alpha value is -2.82. The standard InChI is InChI=1S/C16H17N3O2/c1-11(14-8-3-4-9-15(14)17)18-19-16(20)12-6-5-7-13(10-12)21-2/h3-10H,17H2,1-2H3,(H,19,20). The third-order valence-corrected chi connectivity index (χ3v) is 3.01. The Balaban J connectivity index is 2.13. The summed E-state index contributed by atoms with van der Waals surface area (Å²) in [6, 6.07) is 14.2. The lowest BCUT2D eigenvalue weighted by molar-refractivity contribution is 0.0954. The zero-order chi connectivity index (χ0) is 15.2. The summed E-state index contributed by atoms with van der Waals surface area (Å²) in [5.41, 5.74) is 10.9. The highest BCUT2D eigenvalue weighted by Crippen LogP contribution is 2.13. The van der Waals surface area contributed by atoms with Crippen LogP contribution in [0.2, 0.25) is 0 Å². The molecular weight excluding hydrogens is 266 g/mol. The lowest BCUT2D eigenvalue weighted by Crippen LogP contribution is -2.19. The number of nitrogens with one attached hydrogen (secondary N) is 1. The van der Waals surface area contributed by atoms with E-state index in [9.17, 15) is 4.79 Å². The number of anilines is 1. The molecule has 2 rings (SSSR count). The fourth-order valence-electron chi connectivity index (χ4n) is 1.85. The Morgan fingerprint density at radius 3 is 2.67 bits per heavy atom. The molecule has 0 aliphatic heterocycles. The Kier molecular flexibility index (Phi) is 4.56. The van der Waals surface area contributed by atoms with Crippen LogP contribution in [0.4, 0.5) is 5.69 Å². The Labute approximate surface area is 123 Å². The average molecular weight is 283 g/mol. The van der Waals surface area contributed by atoms with E-state index in [-0.39, 0.29) is 5.91 Å². The number of nitrogens with zero attached hydrogens (tertiary/aromatic N) is 1. The second-order valence-corrected chi connectivity index (χ2v) is 4.46. The molecule has 108 valence electrons. The molecule has 0 heterocycles. The third-order valence-electron chi connectivity index (χ3n) is 3.01. The number of hydrogen-bond donors (Lipinski definition) is 2. The van der Waals surface area contributed by atoms with E-state index in [0.29, 0.717) is 22.7 Å². The molecule has 5 heteroatoms. The van der Waals surface area contributed by atoms with Gasteiger partial charge < -0.3 is 10.5 Å². The van der Waals surface area contributed by atoms with E-state index in [1.807, 2.05) is 18.2 Å². The van der Waals surface area contributed by atoms with Crippen LogP contribution in [0.3, 0.4) is 0 Å². The third kappa shape index (κ3) is 3.60. The van der Waals surface area contributed by atoms with Gasteiger partial charge in [-0.05, 0) is 31.2 Å². The zero-order valence-corrected chi connectivity index (χ0v) is 12.0. The predicted octanol–water partition coefficient (Wildman–Crippen LogP) is 2.43. The molecule has 0 saturated carbocycles. The van der Waals surface area contributed by atoms with Crippen molar-refractivity contribution in [3.63, 3.8) is 0 Å². The van der Waals surface area contributed by atoms with E-state index >= 15 is 0 Å². The van der Waals surface area contributed by atoms with Crippen molar-refractivity contribution in [3.05, 3.63) is 59.7 Å². The number of methoxy groups -OCH3 is 1. The molecule has 0 aromatic heterocycles. The normalized spacial score (nSPS) is 11.0. The van der Waals surface area contributed by atoms with E-state index in [1.165, 1.54) is 0 Å². The van der Waals surface area contributed by atoms with E-state index < -0.39 is 0 Å². The molecule has 21 heavy (non-hydrogen) atoms. The van der Waals surface area contributed by atoms with Gasteiger partial charge in [-0.25, -0.2) is 5.43 Å². The molecule has 0 aliphatic carbocycles. The van der Waals surface area contributed by atoms with Gasteiger partial charge in [-0.1, -0.05) is 24.3 Å². The molecule has 3 N–H and O–H groups in total. The maximum atomic E-state index is 12.0. The number of rotatable bonds is 4. The first-order chi connectivity index (χ1) is 10.1. The van der Waals surface area contributed by atoms with Crippen LogP contribution in [0.5, 0.6) is 5.75 Å². The summed E-state index contributed by atoms with van der Waals surface area (Å²) < 4.78 is 5.08. The molecule has 2 aromatic rings. The highest BCUT2D eigenvalue weighted by atomic mass is 16.5. The van der Waals surface area contributed by atoms with E-state index in [0.717, 1.165) is 5.56 Å². The van der Waals surface area contributed by atoms with Crippen molar-refractivity contribution in [3.8, 4) is 5.75 Å². The Morgan fingerprint density at radius 2 is 1.95 bits per heavy atom. The van der Waals surface area contributed by atoms with E-state index in [1.54, 1.807) is 44.4 Å². The summed E-state index contributed by atoms with van der Waals surface area (Å²) >= 11 is 0. The first-order valence-electron chi connectivity index (χ1n) is 6.45. The number of amides is 1. The highest BCUT2D eigenvalue weighted by Gasteiger charge is 2.07. The Bertz CT molecular complexity index is 681. The van der Waals surface area contributed by atoms with Crippen LogP contribution in [-0.4, -0.2) is 18.7 Å². The van der Waals surface area contributed by atoms with Gasteiger partial charge in [-0.15, -0.1) is 0 Å². The summed E-state index contributed by atoms with van der Waals surface area (Å²) in [5.74, 6) is 0.318.